The lowest BCUT2D eigenvalue weighted by molar-refractivity contribution is 0.0666. The van der Waals surface area contributed by atoms with Crippen molar-refractivity contribution in [1.29, 1.82) is 0 Å². The second kappa shape index (κ2) is 9.23. The van der Waals surface area contributed by atoms with Gasteiger partial charge in [0.25, 0.3) is 0 Å². The zero-order valence-corrected chi connectivity index (χ0v) is 17.1. The maximum absolute atomic E-state index is 6.46. The average molecular weight is 420 g/mol. The minimum Gasteiger partial charge on any atom is -0.364 e. The molecule has 0 radical (unpaired) electrons. The van der Waals surface area contributed by atoms with Crippen LogP contribution in [0.2, 0.25) is 10.0 Å². The Morgan fingerprint density at radius 1 is 0.793 bits per heavy atom. The molecule has 4 rings (SSSR count). The van der Waals surface area contributed by atoms with Crippen LogP contribution in [-0.4, -0.2) is 4.98 Å². The van der Waals surface area contributed by atoms with Crippen molar-refractivity contribution in [1.82, 2.24) is 4.98 Å². The number of hydrogen-bond acceptors (Lipinski definition) is 2. The highest BCUT2D eigenvalue weighted by atomic mass is 35.5. The first-order valence-corrected chi connectivity index (χ1v) is 10.1. The van der Waals surface area contributed by atoms with Gasteiger partial charge in [-0.1, -0.05) is 89.9 Å². The standard InChI is InChI=1S/C25H19Cl2NO/c26-22-12-13-23(24(27)15-22)25(21-7-4-14-28-16-21)29-17-18-8-10-20(11-9-18)19-5-2-1-3-6-19/h1-16,25H,17H2. The first kappa shape index (κ1) is 19.7. The van der Waals surface area contributed by atoms with Crippen LogP contribution in [0.1, 0.15) is 22.8 Å². The molecule has 4 aromatic rings. The summed E-state index contributed by atoms with van der Waals surface area (Å²) in [6.07, 6.45) is 3.21. The topological polar surface area (TPSA) is 22.1 Å². The Kier molecular flexibility index (Phi) is 6.26. The molecule has 0 spiro atoms. The Balaban J connectivity index is 1.55. The third-order valence-electron chi connectivity index (χ3n) is 4.71. The number of benzene rings is 3. The largest absolute Gasteiger partial charge is 0.364 e. The molecule has 0 saturated carbocycles. The van der Waals surface area contributed by atoms with Crippen LogP contribution >= 0.6 is 23.2 Å². The summed E-state index contributed by atoms with van der Waals surface area (Å²) in [7, 11) is 0. The van der Waals surface area contributed by atoms with Crippen LogP contribution in [0.25, 0.3) is 11.1 Å². The van der Waals surface area contributed by atoms with E-state index in [2.05, 4.69) is 41.4 Å². The molecular weight excluding hydrogens is 401 g/mol. The maximum atomic E-state index is 6.46. The van der Waals surface area contributed by atoms with Gasteiger partial charge in [0.15, 0.2) is 0 Å². The molecule has 0 saturated heterocycles. The van der Waals surface area contributed by atoms with E-state index in [0.29, 0.717) is 16.7 Å². The lowest BCUT2D eigenvalue weighted by atomic mass is 10.0. The number of nitrogens with zero attached hydrogens (tertiary/aromatic N) is 1. The lowest BCUT2D eigenvalue weighted by Gasteiger charge is -2.20. The van der Waals surface area contributed by atoms with Gasteiger partial charge in [-0.3, -0.25) is 4.98 Å². The molecule has 1 heterocycles. The van der Waals surface area contributed by atoms with Crippen LogP contribution in [0.4, 0.5) is 0 Å². The Morgan fingerprint density at radius 3 is 2.24 bits per heavy atom. The fourth-order valence-corrected chi connectivity index (χ4v) is 3.72. The highest BCUT2D eigenvalue weighted by Gasteiger charge is 2.18. The van der Waals surface area contributed by atoms with Crippen LogP contribution in [0.15, 0.2) is 97.3 Å². The summed E-state index contributed by atoms with van der Waals surface area (Å²) in [6.45, 7) is 0.452. The van der Waals surface area contributed by atoms with E-state index in [4.69, 9.17) is 27.9 Å². The quantitative estimate of drug-likeness (QED) is 0.325. The molecule has 3 aromatic carbocycles. The Bertz CT molecular complexity index is 1070. The second-order valence-electron chi connectivity index (χ2n) is 6.71. The van der Waals surface area contributed by atoms with Gasteiger partial charge >= 0.3 is 0 Å². The molecule has 1 aromatic heterocycles. The van der Waals surface area contributed by atoms with Crippen molar-refractivity contribution >= 4 is 23.2 Å². The van der Waals surface area contributed by atoms with Gasteiger partial charge in [0, 0.05) is 33.6 Å². The molecule has 0 aliphatic carbocycles. The van der Waals surface area contributed by atoms with E-state index < -0.39 is 0 Å². The minimum atomic E-state index is -0.331. The van der Waals surface area contributed by atoms with Gasteiger partial charge in [-0.25, -0.2) is 0 Å². The predicted molar refractivity (Wildman–Crippen MR) is 119 cm³/mol. The van der Waals surface area contributed by atoms with Crippen molar-refractivity contribution in [3.63, 3.8) is 0 Å². The third-order valence-corrected chi connectivity index (χ3v) is 5.27. The molecule has 0 aliphatic heterocycles. The van der Waals surface area contributed by atoms with Crippen LogP contribution in [0.5, 0.6) is 0 Å². The summed E-state index contributed by atoms with van der Waals surface area (Å²) in [6, 6.07) is 28.1. The molecule has 0 amide bonds. The zero-order valence-electron chi connectivity index (χ0n) is 15.6. The molecule has 0 N–H and O–H groups in total. The van der Waals surface area contributed by atoms with Gasteiger partial charge in [0.05, 0.1) is 6.61 Å². The highest BCUT2D eigenvalue weighted by molar-refractivity contribution is 6.35. The second-order valence-corrected chi connectivity index (χ2v) is 7.55. The Morgan fingerprint density at radius 2 is 1.55 bits per heavy atom. The van der Waals surface area contributed by atoms with Crippen LogP contribution in [-0.2, 0) is 11.3 Å². The van der Waals surface area contributed by atoms with Gasteiger partial charge in [-0.05, 0) is 34.9 Å². The van der Waals surface area contributed by atoms with E-state index in [1.54, 1.807) is 18.5 Å². The van der Waals surface area contributed by atoms with E-state index >= 15 is 0 Å². The number of pyridine rings is 1. The summed E-state index contributed by atoms with van der Waals surface area (Å²) >= 11 is 12.5. The summed E-state index contributed by atoms with van der Waals surface area (Å²) in [5, 5.41) is 1.17. The summed E-state index contributed by atoms with van der Waals surface area (Å²) in [4.78, 5) is 4.23. The first-order valence-electron chi connectivity index (χ1n) is 9.31. The van der Waals surface area contributed by atoms with Crippen molar-refractivity contribution in [2.24, 2.45) is 0 Å². The van der Waals surface area contributed by atoms with Crippen LogP contribution in [0, 0.1) is 0 Å². The van der Waals surface area contributed by atoms with E-state index in [-0.39, 0.29) is 6.10 Å². The van der Waals surface area contributed by atoms with E-state index in [9.17, 15) is 0 Å². The molecule has 0 bridgehead atoms. The van der Waals surface area contributed by atoms with Gasteiger partial charge in [-0.2, -0.15) is 0 Å². The number of hydrogen-bond donors (Lipinski definition) is 0. The molecular formula is C25H19Cl2NO. The number of rotatable bonds is 6. The molecule has 0 fully saturated rings. The first-order chi connectivity index (χ1) is 14.2. The smallest absolute Gasteiger partial charge is 0.111 e. The Labute approximate surface area is 180 Å². The van der Waals surface area contributed by atoms with Gasteiger partial charge in [-0.15, -0.1) is 0 Å². The maximum Gasteiger partial charge on any atom is 0.111 e. The van der Waals surface area contributed by atoms with Crippen molar-refractivity contribution < 1.29 is 4.74 Å². The molecule has 0 aliphatic rings. The zero-order chi connectivity index (χ0) is 20.1. The fraction of sp³-hybridized carbons (Fsp3) is 0.0800. The fourth-order valence-electron chi connectivity index (χ4n) is 3.21. The van der Waals surface area contributed by atoms with E-state index in [0.717, 1.165) is 16.7 Å². The normalized spacial score (nSPS) is 11.9. The average Bonchev–Trinajstić information content (AvgIpc) is 2.77. The Hall–Kier alpha value is -2.65. The predicted octanol–water partition coefficient (Wildman–Crippen LogP) is 7.36. The van der Waals surface area contributed by atoms with Crippen molar-refractivity contribution in [2.75, 3.05) is 0 Å². The summed E-state index contributed by atoms with van der Waals surface area (Å²) in [5.74, 6) is 0. The third kappa shape index (κ3) is 4.86. The molecule has 1 atom stereocenters. The summed E-state index contributed by atoms with van der Waals surface area (Å²) < 4.78 is 6.30. The number of aromatic nitrogens is 1. The molecule has 29 heavy (non-hydrogen) atoms. The lowest BCUT2D eigenvalue weighted by Crippen LogP contribution is -2.07. The van der Waals surface area contributed by atoms with Gasteiger partial charge in [0.2, 0.25) is 0 Å². The minimum absolute atomic E-state index is 0.331. The van der Waals surface area contributed by atoms with Gasteiger partial charge < -0.3 is 4.74 Å². The van der Waals surface area contributed by atoms with Crippen molar-refractivity contribution in [2.45, 2.75) is 12.7 Å². The van der Waals surface area contributed by atoms with Crippen LogP contribution < -0.4 is 0 Å². The molecule has 4 heteroatoms. The van der Waals surface area contributed by atoms with Crippen molar-refractivity contribution in [3.05, 3.63) is 124 Å². The number of ether oxygens (including phenoxy) is 1. The summed E-state index contributed by atoms with van der Waals surface area (Å²) in [5.41, 5.74) is 5.27. The van der Waals surface area contributed by atoms with Crippen molar-refractivity contribution in [3.8, 4) is 11.1 Å². The molecule has 144 valence electrons. The molecule has 2 nitrogen and oxygen atoms in total. The van der Waals surface area contributed by atoms with Gasteiger partial charge in [0.1, 0.15) is 6.10 Å². The highest BCUT2D eigenvalue weighted by Crippen LogP contribution is 2.33. The van der Waals surface area contributed by atoms with Crippen LogP contribution in [0.3, 0.4) is 0 Å². The molecule has 1 unspecified atom stereocenters. The SMILES string of the molecule is Clc1ccc(C(OCc2ccc(-c3ccccc3)cc2)c2cccnc2)c(Cl)c1. The van der Waals surface area contributed by atoms with E-state index in [1.165, 1.54) is 11.1 Å². The van der Waals surface area contributed by atoms with E-state index in [1.807, 2.05) is 42.5 Å². The monoisotopic (exact) mass is 419 g/mol. The number of halogens is 2.